The monoisotopic (exact) mass is 332 g/mol. The van der Waals surface area contributed by atoms with E-state index in [-0.39, 0.29) is 5.91 Å². The Morgan fingerprint density at radius 1 is 1.00 bits per heavy atom. The fourth-order valence-corrected chi connectivity index (χ4v) is 2.35. The average Bonchev–Trinajstić information content (AvgIpc) is 2.67. The molecule has 0 aliphatic rings. The van der Waals surface area contributed by atoms with Crippen molar-refractivity contribution < 1.29 is 4.79 Å². The van der Waals surface area contributed by atoms with Crippen LogP contribution in [0.4, 0.5) is 5.69 Å². The van der Waals surface area contributed by atoms with Crippen molar-refractivity contribution in [1.82, 2.24) is 15.3 Å². The van der Waals surface area contributed by atoms with Crippen molar-refractivity contribution in [3.63, 3.8) is 0 Å². The van der Waals surface area contributed by atoms with Crippen LogP contribution in [0, 0.1) is 6.92 Å². The largest absolute Gasteiger partial charge is 0.381 e. The number of carbonyl (C=O) groups excluding carboxylic acids is 1. The summed E-state index contributed by atoms with van der Waals surface area (Å²) in [5.74, 6) is -0.206. The SMILES string of the molecule is Cc1ccc(CNc2ccnc(C(=O)NCc3cccnc3)c2)cc1. The molecule has 0 radical (unpaired) electrons. The zero-order valence-electron chi connectivity index (χ0n) is 14.1. The number of hydrogen-bond acceptors (Lipinski definition) is 4. The van der Waals surface area contributed by atoms with Gasteiger partial charge in [-0.05, 0) is 36.2 Å². The van der Waals surface area contributed by atoms with E-state index in [1.54, 1.807) is 24.7 Å². The molecule has 3 aromatic rings. The number of amides is 1. The molecule has 2 N–H and O–H groups in total. The summed E-state index contributed by atoms with van der Waals surface area (Å²) in [7, 11) is 0. The number of hydrogen-bond donors (Lipinski definition) is 2. The highest BCUT2D eigenvalue weighted by atomic mass is 16.1. The maximum atomic E-state index is 12.3. The first-order chi connectivity index (χ1) is 12.2. The van der Waals surface area contributed by atoms with Crippen LogP contribution in [-0.4, -0.2) is 15.9 Å². The number of nitrogens with zero attached hydrogens (tertiary/aromatic N) is 2. The lowest BCUT2D eigenvalue weighted by molar-refractivity contribution is 0.0946. The zero-order chi connectivity index (χ0) is 17.5. The Morgan fingerprint density at radius 3 is 2.60 bits per heavy atom. The maximum Gasteiger partial charge on any atom is 0.270 e. The minimum absolute atomic E-state index is 0.206. The first kappa shape index (κ1) is 16.6. The van der Waals surface area contributed by atoms with Gasteiger partial charge in [-0.3, -0.25) is 14.8 Å². The molecule has 0 saturated carbocycles. The van der Waals surface area contributed by atoms with Crippen molar-refractivity contribution in [2.45, 2.75) is 20.0 Å². The van der Waals surface area contributed by atoms with Gasteiger partial charge < -0.3 is 10.6 Å². The number of anilines is 1. The van der Waals surface area contributed by atoms with Crippen molar-refractivity contribution in [3.05, 3.63) is 89.5 Å². The lowest BCUT2D eigenvalue weighted by Crippen LogP contribution is -2.23. The Kier molecular flexibility index (Phi) is 5.36. The summed E-state index contributed by atoms with van der Waals surface area (Å²) in [6.07, 6.45) is 5.07. The van der Waals surface area contributed by atoms with E-state index in [0.717, 1.165) is 11.3 Å². The van der Waals surface area contributed by atoms with Crippen molar-refractivity contribution >= 4 is 11.6 Å². The predicted octanol–water partition coefficient (Wildman–Crippen LogP) is 3.33. The fourth-order valence-electron chi connectivity index (χ4n) is 2.35. The van der Waals surface area contributed by atoms with Crippen LogP contribution in [-0.2, 0) is 13.1 Å². The molecule has 3 rings (SSSR count). The van der Waals surface area contributed by atoms with Crippen molar-refractivity contribution in [2.24, 2.45) is 0 Å². The molecule has 0 atom stereocenters. The Morgan fingerprint density at radius 2 is 1.84 bits per heavy atom. The van der Waals surface area contributed by atoms with Crippen LogP contribution < -0.4 is 10.6 Å². The first-order valence-corrected chi connectivity index (χ1v) is 8.13. The maximum absolute atomic E-state index is 12.3. The van der Waals surface area contributed by atoms with Gasteiger partial charge in [0.05, 0.1) is 0 Å². The number of carbonyl (C=O) groups is 1. The van der Waals surface area contributed by atoms with Crippen LogP contribution in [0.5, 0.6) is 0 Å². The van der Waals surface area contributed by atoms with E-state index in [1.165, 1.54) is 11.1 Å². The van der Waals surface area contributed by atoms with Gasteiger partial charge in [0.2, 0.25) is 0 Å². The summed E-state index contributed by atoms with van der Waals surface area (Å²) in [6, 6.07) is 15.7. The highest BCUT2D eigenvalue weighted by molar-refractivity contribution is 5.93. The van der Waals surface area contributed by atoms with E-state index in [9.17, 15) is 4.79 Å². The molecular formula is C20H20N4O. The molecular weight excluding hydrogens is 312 g/mol. The van der Waals surface area contributed by atoms with Crippen LogP contribution in [0.25, 0.3) is 0 Å². The van der Waals surface area contributed by atoms with E-state index in [1.807, 2.05) is 18.2 Å². The Labute approximate surface area is 147 Å². The summed E-state index contributed by atoms with van der Waals surface area (Å²) in [5.41, 5.74) is 4.62. The molecule has 0 saturated heterocycles. The third-order valence-corrected chi connectivity index (χ3v) is 3.79. The molecule has 0 aliphatic heterocycles. The van der Waals surface area contributed by atoms with Gasteiger partial charge in [-0.2, -0.15) is 0 Å². The second-order valence-electron chi connectivity index (χ2n) is 5.81. The smallest absolute Gasteiger partial charge is 0.270 e. The topological polar surface area (TPSA) is 66.9 Å². The molecule has 126 valence electrons. The zero-order valence-corrected chi connectivity index (χ0v) is 14.1. The Balaban J connectivity index is 1.58. The second kappa shape index (κ2) is 8.06. The van der Waals surface area contributed by atoms with E-state index in [4.69, 9.17) is 0 Å². The van der Waals surface area contributed by atoms with Crippen LogP contribution >= 0.6 is 0 Å². The fraction of sp³-hybridized carbons (Fsp3) is 0.150. The number of benzene rings is 1. The summed E-state index contributed by atoms with van der Waals surface area (Å²) in [5, 5.41) is 6.17. The number of aromatic nitrogens is 2. The normalized spacial score (nSPS) is 10.3. The molecule has 1 amide bonds. The van der Waals surface area contributed by atoms with Gasteiger partial charge in [-0.1, -0.05) is 35.9 Å². The predicted molar refractivity (Wildman–Crippen MR) is 98.1 cm³/mol. The van der Waals surface area contributed by atoms with Gasteiger partial charge in [0.1, 0.15) is 5.69 Å². The second-order valence-corrected chi connectivity index (χ2v) is 5.81. The summed E-state index contributed by atoms with van der Waals surface area (Å²) < 4.78 is 0. The minimum Gasteiger partial charge on any atom is -0.381 e. The van der Waals surface area contributed by atoms with Gasteiger partial charge in [0.15, 0.2) is 0 Å². The minimum atomic E-state index is -0.206. The van der Waals surface area contributed by atoms with Crippen molar-refractivity contribution in [1.29, 1.82) is 0 Å². The van der Waals surface area contributed by atoms with Gasteiger partial charge in [0.25, 0.3) is 5.91 Å². The molecule has 5 nitrogen and oxygen atoms in total. The van der Waals surface area contributed by atoms with Crippen LogP contribution in [0.3, 0.4) is 0 Å². The third-order valence-electron chi connectivity index (χ3n) is 3.79. The van der Waals surface area contributed by atoms with E-state index < -0.39 is 0 Å². The van der Waals surface area contributed by atoms with Gasteiger partial charge in [-0.15, -0.1) is 0 Å². The molecule has 0 spiro atoms. The number of pyridine rings is 2. The molecule has 2 heterocycles. The van der Waals surface area contributed by atoms with Crippen LogP contribution in [0.1, 0.15) is 27.2 Å². The first-order valence-electron chi connectivity index (χ1n) is 8.13. The van der Waals surface area contributed by atoms with Crippen LogP contribution in [0.15, 0.2) is 67.1 Å². The van der Waals surface area contributed by atoms with Gasteiger partial charge in [-0.25, -0.2) is 0 Å². The lowest BCUT2D eigenvalue weighted by Gasteiger charge is -2.09. The highest BCUT2D eigenvalue weighted by Gasteiger charge is 2.08. The summed E-state index contributed by atoms with van der Waals surface area (Å²) in [6.45, 7) is 3.19. The molecule has 1 aromatic carbocycles. The summed E-state index contributed by atoms with van der Waals surface area (Å²) >= 11 is 0. The number of aryl methyl sites for hydroxylation is 1. The Bertz CT molecular complexity index is 832. The molecule has 25 heavy (non-hydrogen) atoms. The van der Waals surface area contributed by atoms with Gasteiger partial charge in [0, 0.05) is 37.4 Å². The molecule has 2 aromatic heterocycles. The van der Waals surface area contributed by atoms with Crippen LogP contribution in [0.2, 0.25) is 0 Å². The average molecular weight is 332 g/mol. The quantitative estimate of drug-likeness (QED) is 0.726. The van der Waals surface area contributed by atoms with E-state index in [0.29, 0.717) is 18.8 Å². The molecule has 0 bridgehead atoms. The molecule has 5 heteroatoms. The van der Waals surface area contributed by atoms with Crippen molar-refractivity contribution in [2.75, 3.05) is 5.32 Å². The molecule has 0 unspecified atom stereocenters. The molecule has 0 fully saturated rings. The highest BCUT2D eigenvalue weighted by Crippen LogP contribution is 2.11. The Hall–Kier alpha value is -3.21. The van der Waals surface area contributed by atoms with E-state index in [2.05, 4.69) is 51.8 Å². The molecule has 0 aliphatic carbocycles. The summed E-state index contributed by atoms with van der Waals surface area (Å²) in [4.78, 5) is 20.4. The number of rotatable bonds is 6. The van der Waals surface area contributed by atoms with Gasteiger partial charge >= 0.3 is 0 Å². The standard InChI is InChI=1S/C20H20N4O/c1-15-4-6-16(7-5-15)13-23-18-8-10-22-19(11-18)20(25)24-14-17-3-2-9-21-12-17/h2-12H,13-14H2,1H3,(H,22,23)(H,24,25). The van der Waals surface area contributed by atoms with Crippen molar-refractivity contribution in [3.8, 4) is 0 Å². The van der Waals surface area contributed by atoms with E-state index >= 15 is 0 Å². The lowest BCUT2D eigenvalue weighted by atomic mass is 10.1. The third kappa shape index (κ3) is 4.88. The number of nitrogens with one attached hydrogen (secondary N) is 2.